The van der Waals surface area contributed by atoms with E-state index >= 15 is 0 Å². The average molecular weight is 437 g/mol. The molecule has 0 atom stereocenters. The molecule has 6 nitrogen and oxygen atoms in total. The predicted molar refractivity (Wildman–Crippen MR) is 134 cm³/mol. The predicted octanol–water partition coefficient (Wildman–Crippen LogP) is 4.08. The highest BCUT2D eigenvalue weighted by Gasteiger charge is 2.25. The Morgan fingerprint density at radius 2 is 1.16 bits per heavy atom. The van der Waals surface area contributed by atoms with Crippen LogP contribution >= 0.6 is 0 Å². The van der Waals surface area contributed by atoms with Crippen LogP contribution in [0.4, 0.5) is 11.6 Å². The lowest BCUT2D eigenvalue weighted by Gasteiger charge is -2.36. The van der Waals surface area contributed by atoms with Crippen LogP contribution in [0.15, 0.2) is 36.4 Å². The van der Waals surface area contributed by atoms with Crippen molar-refractivity contribution in [3.63, 3.8) is 0 Å². The molecule has 2 aliphatic heterocycles. The third-order valence-electron chi connectivity index (χ3n) is 6.51. The number of hydrogen-bond acceptors (Lipinski definition) is 6. The van der Waals surface area contributed by atoms with Gasteiger partial charge in [0, 0.05) is 62.0 Å². The van der Waals surface area contributed by atoms with Crippen molar-refractivity contribution in [2.75, 3.05) is 36.0 Å². The van der Waals surface area contributed by atoms with Crippen LogP contribution in [0.5, 0.6) is 0 Å². The van der Waals surface area contributed by atoms with Crippen LogP contribution in [0.3, 0.4) is 0 Å². The molecule has 2 fully saturated rings. The number of nitrogens with one attached hydrogen (secondary N) is 2. The fourth-order valence-corrected chi connectivity index (χ4v) is 4.96. The van der Waals surface area contributed by atoms with Crippen LogP contribution in [-0.2, 0) is 0 Å². The van der Waals surface area contributed by atoms with Gasteiger partial charge in [-0.3, -0.25) is 0 Å². The molecule has 0 spiro atoms. The minimum absolute atomic E-state index is 0.537. The Kier molecular flexibility index (Phi) is 7.63. The van der Waals surface area contributed by atoms with Crippen molar-refractivity contribution >= 4 is 11.6 Å². The highest BCUT2D eigenvalue weighted by atomic mass is 15.3. The zero-order chi connectivity index (χ0) is 22.5. The van der Waals surface area contributed by atoms with Gasteiger partial charge in [0.25, 0.3) is 0 Å². The number of anilines is 2. The van der Waals surface area contributed by atoms with E-state index in [1.165, 1.54) is 0 Å². The molecule has 0 aliphatic carbocycles. The van der Waals surface area contributed by atoms with Crippen molar-refractivity contribution in [3.8, 4) is 11.4 Å². The van der Waals surface area contributed by atoms with Gasteiger partial charge in [0.1, 0.15) is 11.6 Å². The van der Waals surface area contributed by atoms with Crippen LogP contribution < -0.4 is 20.4 Å². The Bertz CT molecular complexity index is 788. The maximum Gasteiger partial charge on any atom is 0.163 e. The second-order valence-electron chi connectivity index (χ2n) is 9.94. The van der Waals surface area contributed by atoms with Gasteiger partial charge >= 0.3 is 0 Å². The second kappa shape index (κ2) is 10.6. The molecule has 4 rings (SSSR count). The monoisotopic (exact) mass is 436 g/mol. The Morgan fingerprint density at radius 1 is 0.719 bits per heavy atom. The van der Waals surface area contributed by atoms with Gasteiger partial charge in [-0.15, -0.1) is 0 Å². The number of aromatic nitrogens is 2. The van der Waals surface area contributed by atoms with Crippen molar-refractivity contribution in [1.29, 1.82) is 0 Å². The van der Waals surface area contributed by atoms with E-state index in [0.717, 1.165) is 74.9 Å². The fourth-order valence-electron chi connectivity index (χ4n) is 4.96. The molecule has 0 amide bonds. The second-order valence-corrected chi connectivity index (χ2v) is 9.94. The summed E-state index contributed by atoms with van der Waals surface area (Å²) in [5.41, 5.74) is 1.09. The zero-order valence-electron chi connectivity index (χ0n) is 20.2. The van der Waals surface area contributed by atoms with Crippen molar-refractivity contribution in [2.45, 2.75) is 77.5 Å². The summed E-state index contributed by atoms with van der Waals surface area (Å²) < 4.78 is 0. The zero-order valence-corrected chi connectivity index (χ0v) is 20.2. The summed E-state index contributed by atoms with van der Waals surface area (Å²) in [7, 11) is 0. The summed E-state index contributed by atoms with van der Waals surface area (Å²) in [6.45, 7) is 13.1. The van der Waals surface area contributed by atoms with Crippen molar-refractivity contribution < 1.29 is 0 Å². The van der Waals surface area contributed by atoms with Gasteiger partial charge in [-0.2, -0.15) is 0 Å². The quantitative estimate of drug-likeness (QED) is 0.682. The first kappa shape index (κ1) is 23.0. The standard InChI is InChI=1S/C26H40N6/c1-19(2)27-22-10-14-31(15-11-22)24-18-25(30-26(29-24)21-8-6-5-7-9-21)32-16-12-23(13-17-32)28-20(3)4/h5-9,18-20,22-23,27-28H,10-17H2,1-4H3. The third kappa shape index (κ3) is 5.99. The molecule has 174 valence electrons. The van der Waals surface area contributed by atoms with E-state index in [9.17, 15) is 0 Å². The van der Waals surface area contributed by atoms with Crippen molar-refractivity contribution in [1.82, 2.24) is 20.6 Å². The maximum absolute atomic E-state index is 5.02. The molecule has 0 radical (unpaired) electrons. The lowest BCUT2D eigenvalue weighted by molar-refractivity contribution is 0.385. The molecule has 0 unspecified atom stereocenters. The van der Waals surface area contributed by atoms with E-state index in [0.29, 0.717) is 24.2 Å². The molecule has 32 heavy (non-hydrogen) atoms. The Morgan fingerprint density at radius 3 is 1.56 bits per heavy atom. The first-order valence-corrected chi connectivity index (χ1v) is 12.4. The molecule has 2 aliphatic rings. The molecule has 1 aromatic heterocycles. The smallest absolute Gasteiger partial charge is 0.163 e. The van der Waals surface area contributed by atoms with Crippen LogP contribution in [0, 0.1) is 0 Å². The Labute approximate surface area is 193 Å². The first-order valence-electron chi connectivity index (χ1n) is 12.4. The molecule has 1 aromatic carbocycles. The van der Waals surface area contributed by atoms with Gasteiger partial charge < -0.3 is 20.4 Å². The molecular formula is C26H40N6. The molecule has 6 heteroatoms. The Balaban J connectivity index is 1.53. The summed E-state index contributed by atoms with van der Waals surface area (Å²) in [6.07, 6.45) is 4.63. The van der Waals surface area contributed by atoms with E-state index in [4.69, 9.17) is 9.97 Å². The van der Waals surface area contributed by atoms with Gasteiger partial charge in [0.2, 0.25) is 0 Å². The van der Waals surface area contributed by atoms with Gasteiger partial charge in [0.05, 0.1) is 0 Å². The largest absolute Gasteiger partial charge is 0.356 e. The first-order chi connectivity index (χ1) is 15.5. The number of benzene rings is 1. The molecule has 2 saturated heterocycles. The number of rotatable bonds is 7. The van der Waals surface area contributed by atoms with Gasteiger partial charge in [-0.25, -0.2) is 9.97 Å². The number of nitrogens with zero attached hydrogens (tertiary/aromatic N) is 4. The highest BCUT2D eigenvalue weighted by molar-refractivity contribution is 5.62. The number of hydrogen-bond donors (Lipinski definition) is 2. The summed E-state index contributed by atoms with van der Waals surface area (Å²) in [4.78, 5) is 14.9. The normalized spacial score (nSPS) is 18.7. The molecule has 3 heterocycles. The van der Waals surface area contributed by atoms with Crippen molar-refractivity contribution in [2.24, 2.45) is 0 Å². The molecule has 0 bridgehead atoms. The molecule has 0 saturated carbocycles. The van der Waals surface area contributed by atoms with Crippen LogP contribution in [0.25, 0.3) is 11.4 Å². The van der Waals surface area contributed by atoms with Gasteiger partial charge in [-0.05, 0) is 25.7 Å². The van der Waals surface area contributed by atoms with Crippen molar-refractivity contribution in [3.05, 3.63) is 36.4 Å². The van der Waals surface area contributed by atoms with E-state index in [-0.39, 0.29) is 0 Å². The molecular weight excluding hydrogens is 396 g/mol. The summed E-state index contributed by atoms with van der Waals surface area (Å²) in [5.74, 6) is 2.97. The van der Waals surface area contributed by atoms with Gasteiger partial charge in [-0.1, -0.05) is 58.0 Å². The summed E-state index contributed by atoms with van der Waals surface area (Å²) in [6, 6.07) is 14.9. The maximum atomic E-state index is 5.02. The Hall–Kier alpha value is -2.18. The fraction of sp³-hybridized carbons (Fsp3) is 0.615. The SMILES string of the molecule is CC(C)NC1CCN(c2cc(N3CCC(NC(C)C)CC3)nc(-c3ccccc3)n2)CC1. The lowest BCUT2D eigenvalue weighted by atomic mass is 10.0. The molecule has 2 aromatic rings. The van der Waals surface area contributed by atoms with Crippen LogP contribution in [0.2, 0.25) is 0 Å². The lowest BCUT2D eigenvalue weighted by Crippen LogP contribution is -2.45. The van der Waals surface area contributed by atoms with E-state index in [1.54, 1.807) is 0 Å². The summed E-state index contributed by atoms with van der Waals surface area (Å²) in [5, 5.41) is 7.40. The molecule has 2 N–H and O–H groups in total. The third-order valence-corrected chi connectivity index (χ3v) is 6.51. The van der Waals surface area contributed by atoms with E-state index in [1.807, 2.05) is 6.07 Å². The van der Waals surface area contributed by atoms with E-state index in [2.05, 4.69) is 78.5 Å². The van der Waals surface area contributed by atoms with Gasteiger partial charge in [0.15, 0.2) is 5.82 Å². The van der Waals surface area contributed by atoms with Crippen LogP contribution in [-0.4, -0.2) is 60.3 Å². The number of piperidine rings is 2. The van der Waals surface area contributed by atoms with Crippen LogP contribution in [0.1, 0.15) is 53.4 Å². The summed E-state index contributed by atoms with van der Waals surface area (Å²) >= 11 is 0. The topological polar surface area (TPSA) is 56.3 Å². The highest BCUT2D eigenvalue weighted by Crippen LogP contribution is 2.28. The minimum Gasteiger partial charge on any atom is -0.356 e. The minimum atomic E-state index is 0.537. The average Bonchev–Trinajstić information content (AvgIpc) is 2.79. The van der Waals surface area contributed by atoms with E-state index < -0.39 is 0 Å².